The van der Waals surface area contributed by atoms with Gasteiger partial charge in [-0.15, -0.1) is 0 Å². The van der Waals surface area contributed by atoms with Crippen LogP contribution in [0.1, 0.15) is 36.4 Å². The summed E-state index contributed by atoms with van der Waals surface area (Å²) in [5.41, 5.74) is 3.35. The number of hydrogen-bond donors (Lipinski definition) is 1. The van der Waals surface area contributed by atoms with Gasteiger partial charge in [-0.1, -0.05) is 35.8 Å². The Kier molecular flexibility index (Phi) is 4.94. The molecule has 0 fully saturated rings. The summed E-state index contributed by atoms with van der Waals surface area (Å²) in [4.78, 5) is 0. The molecule has 0 saturated carbocycles. The van der Waals surface area contributed by atoms with E-state index in [0.29, 0.717) is 12.1 Å². The van der Waals surface area contributed by atoms with E-state index < -0.39 is 0 Å². The molecule has 0 saturated heterocycles. The van der Waals surface area contributed by atoms with Crippen LogP contribution in [0.2, 0.25) is 0 Å². The van der Waals surface area contributed by atoms with Gasteiger partial charge in [0.2, 0.25) is 0 Å². The molecule has 0 aliphatic rings. The van der Waals surface area contributed by atoms with Gasteiger partial charge in [-0.3, -0.25) is 4.68 Å². The van der Waals surface area contributed by atoms with Crippen LogP contribution in [0, 0.1) is 5.82 Å². The molecule has 0 atom stereocenters. The highest BCUT2D eigenvalue weighted by Crippen LogP contribution is 2.20. The number of benzene rings is 1. The van der Waals surface area contributed by atoms with Crippen LogP contribution >= 0.6 is 15.9 Å². The number of nitrogens with zero attached hydrogens (tertiary/aromatic N) is 2. The highest BCUT2D eigenvalue weighted by Gasteiger charge is 2.15. The average Bonchev–Trinajstić information content (AvgIpc) is 2.78. The van der Waals surface area contributed by atoms with Gasteiger partial charge in [0, 0.05) is 21.3 Å². The fourth-order valence-electron chi connectivity index (χ4n) is 2.39. The van der Waals surface area contributed by atoms with E-state index >= 15 is 0 Å². The summed E-state index contributed by atoms with van der Waals surface area (Å²) < 4.78 is 16.4. The minimum atomic E-state index is -0.250. The third-order valence-electron chi connectivity index (χ3n) is 3.41. The Labute approximate surface area is 126 Å². The fraction of sp³-hybridized carbons (Fsp3) is 0.400. The molecule has 0 unspecified atom stereocenters. The number of aliphatic hydroxyl groups excluding tert-OH is 1. The molecule has 0 radical (unpaired) electrons. The Morgan fingerprint density at radius 3 is 2.60 bits per heavy atom. The van der Waals surface area contributed by atoms with Crippen molar-refractivity contribution < 1.29 is 9.50 Å². The van der Waals surface area contributed by atoms with Gasteiger partial charge >= 0.3 is 0 Å². The average molecular weight is 341 g/mol. The van der Waals surface area contributed by atoms with Gasteiger partial charge in [-0.2, -0.15) is 5.10 Å². The summed E-state index contributed by atoms with van der Waals surface area (Å²) in [5, 5.41) is 14.0. The third-order valence-corrected chi connectivity index (χ3v) is 3.91. The Morgan fingerprint density at radius 2 is 2.05 bits per heavy atom. The number of aryl methyl sites for hydroxylation is 1. The number of aliphatic hydroxyl groups is 1. The van der Waals surface area contributed by atoms with Crippen LogP contribution in [0.15, 0.2) is 22.7 Å². The van der Waals surface area contributed by atoms with E-state index in [1.807, 2.05) is 19.9 Å². The maximum atomic E-state index is 13.9. The molecule has 0 spiro atoms. The zero-order chi connectivity index (χ0) is 14.7. The van der Waals surface area contributed by atoms with Gasteiger partial charge in [0.1, 0.15) is 5.82 Å². The smallest absolute Gasteiger partial charge is 0.129 e. The van der Waals surface area contributed by atoms with Gasteiger partial charge in [0.05, 0.1) is 18.8 Å². The quantitative estimate of drug-likeness (QED) is 0.905. The Balaban J connectivity index is 2.40. The van der Waals surface area contributed by atoms with E-state index in [1.54, 1.807) is 10.7 Å². The molecule has 1 N–H and O–H groups in total. The predicted molar refractivity (Wildman–Crippen MR) is 80.1 cm³/mol. The Hall–Kier alpha value is -1.20. The molecule has 2 aromatic rings. The highest BCUT2D eigenvalue weighted by atomic mass is 79.9. The van der Waals surface area contributed by atoms with Gasteiger partial charge in [-0.25, -0.2) is 4.39 Å². The second-order valence-corrected chi connectivity index (χ2v) is 5.55. The first kappa shape index (κ1) is 15.2. The van der Waals surface area contributed by atoms with E-state index in [2.05, 4.69) is 21.0 Å². The van der Waals surface area contributed by atoms with Crippen molar-refractivity contribution in [3.8, 4) is 0 Å². The van der Waals surface area contributed by atoms with Crippen LogP contribution in [0.25, 0.3) is 0 Å². The molecule has 1 aromatic heterocycles. The zero-order valence-electron chi connectivity index (χ0n) is 11.7. The molecular formula is C15H18BrFN2O. The van der Waals surface area contributed by atoms with Gasteiger partial charge < -0.3 is 5.11 Å². The van der Waals surface area contributed by atoms with Crippen LogP contribution < -0.4 is 0 Å². The van der Waals surface area contributed by atoms with Crippen LogP contribution in [0.4, 0.5) is 4.39 Å². The summed E-state index contributed by atoms with van der Waals surface area (Å²) in [6, 6.07) is 5.03. The van der Waals surface area contributed by atoms with Crippen LogP contribution in [-0.4, -0.2) is 14.9 Å². The van der Waals surface area contributed by atoms with Crippen molar-refractivity contribution in [1.29, 1.82) is 0 Å². The normalized spacial score (nSPS) is 11.1. The first-order valence-electron chi connectivity index (χ1n) is 6.72. The third kappa shape index (κ3) is 2.94. The van der Waals surface area contributed by atoms with Gasteiger partial charge in [-0.05, 0) is 25.0 Å². The van der Waals surface area contributed by atoms with Crippen molar-refractivity contribution in [2.75, 3.05) is 0 Å². The fourth-order valence-corrected chi connectivity index (χ4v) is 2.73. The summed E-state index contributed by atoms with van der Waals surface area (Å²) >= 11 is 3.25. The molecule has 0 bridgehead atoms. The molecule has 2 rings (SSSR count). The summed E-state index contributed by atoms with van der Waals surface area (Å²) in [6.07, 6.45) is 1.53. The maximum absolute atomic E-state index is 13.9. The van der Waals surface area contributed by atoms with Crippen molar-refractivity contribution >= 4 is 15.9 Å². The van der Waals surface area contributed by atoms with E-state index in [4.69, 9.17) is 0 Å². The molecule has 1 aromatic carbocycles. The second kappa shape index (κ2) is 6.50. The van der Waals surface area contributed by atoms with Crippen molar-refractivity contribution in [1.82, 2.24) is 9.78 Å². The summed E-state index contributed by atoms with van der Waals surface area (Å²) in [7, 11) is 0. The number of rotatable bonds is 5. The minimum Gasteiger partial charge on any atom is -0.392 e. The molecule has 0 amide bonds. The number of hydrogen-bond acceptors (Lipinski definition) is 2. The van der Waals surface area contributed by atoms with Crippen LogP contribution in [0.5, 0.6) is 0 Å². The molecule has 108 valence electrons. The lowest BCUT2D eigenvalue weighted by atomic mass is 10.1. The molecule has 5 heteroatoms. The maximum Gasteiger partial charge on any atom is 0.129 e. The summed E-state index contributed by atoms with van der Waals surface area (Å²) in [6.45, 7) is 4.39. The first-order chi connectivity index (χ1) is 9.60. The van der Waals surface area contributed by atoms with Crippen molar-refractivity contribution in [2.24, 2.45) is 0 Å². The number of halogens is 2. The standard InChI is InChI=1S/C15H18BrFN2O/c1-3-14-12(9-20)15(4-2)19(18-14)8-10-5-6-11(16)7-13(10)17/h5-7,20H,3-4,8-9H2,1-2H3. The minimum absolute atomic E-state index is 0.0187. The Bertz CT molecular complexity index is 610. The molecule has 0 aliphatic carbocycles. The predicted octanol–water partition coefficient (Wildman–Crippen LogP) is 3.45. The van der Waals surface area contributed by atoms with E-state index in [0.717, 1.165) is 34.3 Å². The number of aromatic nitrogens is 2. The van der Waals surface area contributed by atoms with E-state index in [1.165, 1.54) is 6.07 Å². The summed E-state index contributed by atoms with van der Waals surface area (Å²) in [5.74, 6) is -0.250. The molecular weight excluding hydrogens is 323 g/mol. The lowest BCUT2D eigenvalue weighted by Gasteiger charge is -2.08. The van der Waals surface area contributed by atoms with Crippen molar-refractivity contribution in [2.45, 2.75) is 39.8 Å². The van der Waals surface area contributed by atoms with E-state index in [9.17, 15) is 9.50 Å². The molecule has 3 nitrogen and oxygen atoms in total. The van der Waals surface area contributed by atoms with Crippen molar-refractivity contribution in [3.05, 3.63) is 51.0 Å². The van der Waals surface area contributed by atoms with Crippen molar-refractivity contribution in [3.63, 3.8) is 0 Å². The first-order valence-corrected chi connectivity index (χ1v) is 7.52. The zero-order valence-corrected chi connectivity index (χ0v) is 13.2. The monoisotopic (exact) mass is 340 g/mol. The topological polar surface area (TPSA) is 38.0 Å². The van der Waals surface area contributed by atoms with Gasteiger partial charge in [0.25, 0.3) is 0 Å². The van der Waals surface area contributed by atoms with Gasteiger partial charge in [0.15, 0.2) is 0 Å². The lowest BCUT2D eigenvalue weighted by molar-refractivity contribution is 0.279. The highest BCUT2D eigenvalue weighted by molar-refractivity contribution is 9.10. The second-order valence-electron chi connectivity index (χ2n) is 4.63. The lowest BCUT2D eigenvalue weighted by Crippen LogP contribution is -2.08. The SMILES string of the molecule is CCc1nn(Cc2ccc(Br)cc2F)c(CC)c1CO. The molecule has 1 heterocycles. The molecule has 0 aliphatic heterocycles. The largest absolute Gasteiger partial charge is 0.392 e. The van der Waals surface area contributed by atoms with E-state index in [-0.39, 0.29) is 12.4 Å². The Morgan fingerprint density at radius 1 is 1.30 bits per heavy atom. The van der Waals surface area contributed by atoms with Crippen LogP contribution in [0.3, 0.4) is 0 Å². The molecule has 20 heavy (non-hydrogen) atoms. The van der Waals surface area contributed by atoms with Crippen LogP contribution in [-0.2, 0) is 26.0 Å².